The Morgan fingerprint density at radius 2 is 1.90 bits per heavy atom. The maximum absolute atomic E-state index is 13.2. The zero-order valence-corrected chi connectivity index (χ0v) is 17.0. The molecular weight excluding hydrogens is 368 g/mol. The van der Waals surface area contributed by atoms with Crippen LogP contribution in [0.3, 0.4) is 0 Å². The first kappa shape index (κ1) is 18.2. The number of ether oxygens (including phenoxy) is 2. The lowest BCUT2D eigenvalue weighted by atomic mass is 9.98. The van der Waals surface area contributed by atoms with E-state index in [0.29, 0.717) is 30.2 Å². The van der Waals surface area contributed by atoms with Crippen molar-refractivity contribution in [1.29, 1.82) is 0 Å². The number of aryl methyl sites for hydroxylation is 1. The van der Waals surface area contributed by atoms with Crippen LogP contribution in [0.25, 0.3) is 0 Å². The van der Waals surface area contributed by atoms with Crippen LogP contribution in [0, 0.1) is 12.8 Å². The number of benzene rings is 1. The Kier molecular flexibility index (Phi) is 4.53. The average molecular weight is 394 g/mol. The Morgan fingerprint density at radius 1 is 1.10 bits per heavy atom. The highest BCUT2D eigenvalue weighted by Crippen LogP contribution is 2.34. The van der Waals surface area contributed by atoms with Crippen LogP contribution in [0.2, 0.25) is 0 Å². The maximum Gasteiger partial charge on any atom is 0.254 e. The summed E-state index contributed by atoms with van der Waals surface area (Å²) in [5, 5.41) is 0. The lowest BCUT2D eigenvalue weighted by molar-refractivity contribution is 0.0733. The van der Waals surface area contributed by atoms with Crippen molar-refractivity contribution in [2.45, 2.75) is 39.7 Å². The van der Waals surface area contributed by atoms with Crippen LogP contribution >= 0.6 is 0 Å². The molecule has 0 aliphatic carbocycles. The second-order valence-corrected chi connectivity index (χ2v) is 8.23. The molecule has 0 N–H and O–H groups in total. The van der Waals surface area contributed by atoms with Crippen molar-refractivity contribution in [2.24, 2.45) is 5.92 Å². The van der Waals surface area contributed by atoms with E-state index in [1.54, 1.807) is 12.1 Å². The van der Waals surface area contributed by atoms with E-state index in [9.17, 15) is 4.79 Å². The molecule has 29 heavy (non-hydrogen) atoms. The van der Waals surface area contributed by atoms with E-state index in [1.165, 1.54) is 12.8 Å². The molecule has 0 spiro atoms. The van der Waals surface area contributed by atoms with Crippen LogP contribution in [0.15, 0.2) is 18.2 Å². The highest BCUT2D eigenvalue weighted by molar-refractivity contribution is 5.95. The van der Waals surface area contributed by atoms with E-state index in [0.717, 1.165) is 48.3 Å². The molecular formula is C22H26N4O3. The van der Waals surface area contributed by atoms with Gasteiger partial charge in [-0.2, -0.15) is 0 Å². The summed E-state index contributed by atoms with van der Waals surface area (Å²) in [6.45, 7) is 7.71. The van der Waals surface area contributed by atoms with E-state index in [2.05, 4.69) is 16.8 Å². The molecule has 1 amide bonds. The zero-order chi connectivity index (χ0) is 20.0. The topological polar surface area (TPSA) is 67.8 Å². The molecule has 1 aromatic carbocycles. The molecule has 5 rings (SSSR count). The normalized spacial score (nSPS) is 18.7. The SMILES string of the molecule is Cc1nc2c(c(N3CCC(C)CC3)n1)CN(C(=O)c1ccc3c(c1)OCO3)CC2. The Bertz CT molecular complexity index is 953. The molecule has 152 valence electrons. The molecule has 2 aromatic rings. The van der Waals surface area contributed by atoms with Gasteiger partial charge in [0.05, 0.1) is 12.2 Å². The molecule has 0 unspecified atom stereocenters. The highest BCUT2D eigenvalue weighted by atomic mass is 16.7. The lowest BCUT2D eigenvalue weighted by Gasteiger charge is -2.36. The van der Waals surface area contributed by atoms with Gasteiger partial charge in [0.1, 0.15) is 11.6 Å². The van der Waals surface area contributed by atoms with Crippen LogP contribution in [0.1, 0.15) is 47.2 Å². The molecule has 1 aromatic heterocycles. The third kappa shape index (κ3) is 3.39. The Morgan fingerprint density at radius 3 is 2.72 bits per heavy atom. The van der Waals surface area contributed by atoms with Gasteiger partial charge in [0.2, 0.25) is 6.79 Å². The van der Waals surface area contributed by atoms with Gasteiger partial charge in [-0.1, -0.05) is 6.92 Å². The van der Waals surface area contributed by atoms with Crippen molar-refractivity contribution in [3.63, 3.8) is 0 Å². The lowest BCUT2D eigenvalue weighted by Crippen LogP contribution is -2.40. The van der Waals surface area contributed by atoms with Gasteiger partial charge < -0.3 is 19.3 Å². The molecule has 1 saturated heterocycles. The van der Waals surface area contributed by atoms with Crippen molar-refractivity contribution in [1.82, 2.24) is 14.9 Å². The fourth-order valence-electron chi connectivity index (χ4n) is 4.38. The number of piperidine rings is 1. The largest absolute Gasteiger partial charge is 0.454 e. The second kappa shape index (κ2) is 7.21. The summed E-state index contributed by atoms with van der Waals surface area (Å²) in [6, 6.07) is 5.39. The van der Waals surface area contributed by atoms with Gasteiger partial charge in [0.25, 0.3) is 5.91 Å². The van der Waals surface area contributed by atoms with Crippen molar-refractivity contribution < 1.29 is 14.3 Å². The number of rotatable bonds is 2. The molecule has 0 bridgehead atoms. The standard InChI is InChI=1S/C22H26N4O3/c1-14-5-8-25(9-6-14)21-17-12-26(10-7-18(17)23-15(2)24-21)22(27)16-3-4-19-20(11-16)29-13-28-19/h3-4,11,14H,5-10,12-13H2,1-2H3. The number of hydrogen-bond donors (Lipinski definition) is 0. The minimum Gasteiger partial charge on any atom is -0.454 e. The number of nitrogens with zero attached hydrogens (tertiary/aromatic N) is 4. The molecule has 0 atom stereocenters. The van der Waals surface area contributed by atoms with Gasteiger partial charge in [0.15, 0.2) is 11.5 Å². The summed E-state index contributed by atoms with van der Waals surface area (Å²) in [5.41, 5.74) is 2.81. The number of carbonyl (C=O) groups excluding carboxylic acids is 1. The molecule has 3 aliphatic heterocycles. The van der Waals surface area contributed by atoms with Crippen LogP contribution in [0.5, 0.6) is 11.5 Å². The zero-order valence-electron chi connectivity index (χ0n) is 17.0. The predicted molar refractivity (Wildman–Crippen MR) is 108 cm³/mol. The van der Waals surface area contributed by atoms with Crippen LogP contribution < -0.4 is 14.4 Å². The number of amides is 1. The third-order valence-electron chi connectivity index (χ3n) is 6.14. The van der Waals surface area contributed by atoms with Gasteiger partial charge in [0, 0.05) is 37.2 Å². The van der Waals surface area contributed by atoms with Gasteiger partial charge in [-0.25, -0.2) is 9.97 Å². The third-order valence-corrected chi connectivity index (χ3v) is 6.14. The smallest absolute Gasteiger partial charge is 0.254 e. The quantitative estimate of drug-likeness (QED) is 0.780. The maximum atomic E-state index is 13.2. The number of hydrogen-bond acceptors (Lipinski definition) is 6. The van der Waals surface area contributed by atoms with Crippen molar-refractivity contribution >= 4 is 11.7 Å². The summed E-state index contributed by atoms with van der Waals surface area (Å²) < 4.78 is 10.8. The minimum absolute atomic E-state index is 0.00717. The summed E-state index contributed by atoms with van der Waals surface area (Å²) in [5.74, 6) is 3.92. The molecule has 7 heteroatoms. The molecule has 7 nitrogen and oxygen atoms in total. The minimum atomic E-state index is 0.00717. The monoisotopic (exact) mass is 394 g/mol. The van der Waals surface area contributed by atoms with E-state index in [1.807, 2.05) is 17.9 Å². The van der Waals surface area contributed by atoms with Gasteiger partial charge in [-0.15, -0.1) is 0 Å². The highest BCUT2D eigenvalue weighted by Gasteiger charge is 2.29. The van der Waals surface area contributed by atoms with E-state index in [-0.39, 0.29) is 12.7 Å². The number of carbonyl (C=O) groups is 1. The summed E-state index contributed by atoms with van der Waals surface area (Å²) in [4.78, 5) is 26.9. The molecule has 1 fully saturated rings. The fraction of sp³-hybridized carbons (Fsp3) is 0.500. The predicted octanol–water partition coefficient (Wildman–Crippen LogP) is 2.95. The van der Waals surface area contributed by atoms with Crippen molar-refractivity contribution in [3.8, 4) is 11.5 Å². The van der Waals surface area contributed by atoms with E-state index >= 15 is 0 Å². The molecule has 0 saturated carbocycles. The summed E-state index contributed by atoms with van der Waals surface area (Å²) in [6.07, 6.45) is 3.11. The van der Waals surface area contributed by atoms with Gasteiger partial charge >= 0.3 is 0 Å². The molecule has 4 heterocycles. The number of fused-ring (bicyclic) bond motifs is 2. The van der Waals surface area contributed by atoms with E-state index in [4.69, 9.17) is 14.5 Å². The van der Waals surface area contributed by atoms with E-state index < -0.39 is 0 Å². The Hall–Kier alpha value is -2.83. The first-order chi connectivity index (χ1) is 14.1. The second-order valence-electron chi connectivity index (χ2n) is 8.23. The average Bonchev–Trinajstić information content (AvgIpc) is 3.21. The van der Waals surface area contributed by atoms with Crippen molar-refractivity contribution in [3.05, 3.63) is 40.8 Å². The first-order valence-electron chi connectivity index (χ1n) is 10.4. The fourth-order valence-corrected chi connectivity index (χ4v) is 4.38. The number of aromatic nitrogens is 2. The Labute approximate surface area is 170 Å². The summed E-state index contributed by atoms with van der Waals surface area (Å²) in [7, 11) is 0. The van der Waals surface area contributed by atoms with Gasteiger partial charge in [-0.05, 0) is 43.9 Å². The van der Waals surface area contributed by atoms with Crippen LogP contribution in [-0.2, 0) is 13.0 Å². The summed E-state index contributed by atoms with van der Waals surface area (Å²) >= 11 is 0. The molecule has 3 aliphatic rings. The van der Waals surface area contributed by atoms with Crippen molar-refractivity contribution in [2.75, 3.05) is 31.3 Å². The molecule has 0 radical (unpaired) electrons. The first-order valence-corrected chi connectivity index (χ1v) is 10.4. The van der Waals surface area contributed by atoms with Crippen LogP contribution in [-0.4, -0.2) is 47.2 Å². The van der Waals surface area contributed by atoms with Gasteiger partial charge in [-0.3, -0.25) is 4.79 Å². The Balaban J connectivity index is 1.42. The van der Waals surface area contributed by atoms with Crippen LogP contribution in [0.4, 0.5) is 5.82 Å². The number of anilines is 1.